The molecule has 0 unspecified atom stereocenters. The number of halogens is 2. The predicted molar refractivity (Wildman–Crippen MR) is 140 cm³/mol. The quantitative estimate of drug-likeness (QED) is 0.262. The van der Waals surface area contributed by atoms with E-state index in [1.807, 2.05) is 0 Å². The van der Waals surface area contributed by atoms with Crippen LogP contribution in [0.5, 0.6) is 5.75 Å². The van der Waals surface area contributed by atoms with Crippen molar-refractivity contribution in [1.82, 2.24) is 4.90 Å². The largest absolute Gasteiger partial charge is 0.487 e. The van der Waals surface area contributed by atoms with Crippen molar-refractivity contribution in [1.29, 1.82) is 0 Å². The van der Waals surface area contributed by atoms with Crippen LogP contribution in [0, 0.1) is 5.82 Å². The van der Waals surface area contributed by atoms with Gasteiger partial charge in [0.15, 0.2) is 5.17 Å². The zero-order chi connectivity index (χ0) is 25.7. The Bertz CT molecular complexity index is 1340. The molecule has 9 heteroatoms. The average molecular weight is 525 g/mol. The van der Waals surface area contributed by atoms with Crippen LogP contribution in [0.25, 0.3) is 6.08 Å². The van der Waals surface area contributed by atoms with E-state index >= 15 is 0 Å². The highest BCUT2D eigenvalue weighted by Crippen LogP contribution is 2.34. The molecule has 1 aliphatic heterocycles. The number of amidine groups is 1. The van der Waals surface area contributed by atoms with Crippen LogP contribution >= 0.6 is 23.4 Å². The van der Waals surface area contributed by atoms with Gasteiger partial charge in [-0.1, -0.05) is 29.8 Å². The molecule has 0 N–H and O–H groups in total. The Kier molecular flexibility index (Phi) is 8.07. The smallest absolute Gasteiger partial charge is 0.338 e. The van der Waals surface area contributed by atoms with Crippen molar-refractivity contribution < 1.29 is 23.5 Å². The predicted octanol–water partition coefficient (Wildman–Crippen LogP) is 6.47. The molecule has 184 valence electrons. The lowest BCUT2D eigenvalue weighted by molar-refractivity contribution is -0.121. The molecule has 0 atom stereocenters. The second-order valence-corrected chi connectivity index (χ2v) is 9.16. The van der Waals surface area contributed by atoms with Crippen molar-refractivity contribution in [2.45, 2.75) is 13.5 Å². The second-order valence-electron chi connectivity index (χ2n) is 7.74. The van der Waals surface area contributed by atoms with Gasteiger partial charge in [0.05, 0.1) is 27.8 Å². The zero-order valence-electron chi connectivity index (χ0n) is 19.5. The lowest BCUT2D eigenvalue weighted by Gasteiger charge is -2.09. The van der Waals surface area contributed by atoms with Crippen molar-refractivity contribution in [3.05, 3.63) is 99.2 Å². The molecule has 1 aliphatic rings. The SMILES string of the molecule is CCOC(=O)c1ccc(N=C2SC(=Cc3ccc(OCc4ccc(F)cc4)c(Cl)c3)C(=O)N2C)cc1. The third-order valence-corrected chi connectivity index (χ3v) is 6.52. The molecular weight excluding hydrogens is 503 g/mol. The molecule has 3 aromatic rings. The maximum atomic E-state index is 13.1. The van der Waals surface area contributed by atoms with E-state index in [1.54, 1.807) is 74.6 Å². The van der Waals surface area contributed by atoms with Crippen LogP contribution in [-0.4, -0.2) is 35.6 Å². The average Bonchev–Trinajstić information content (AvgIpc) is 3.12. The van der Waals surface area contributed by atoms with E-state index in [1.165, 1.54) is 28.8 Å². The van der Waals surface area contributed by atoms with Gasteiger partial charge in [0.25, 0.3) is 5.91 Å². The molecule has 6 nitrogen and oxygen atoms in total. The summed E-state index contributed by atoms with van der Waals surface area (Å²) in [6.07, 6.45) is 1.74. The second kappa shape index (κ2) is 11.4. The highest BCUT2D eigenvalue weighted by Gasteiger charge is 2.30. The van der Waals surface area contributed by atoms with Gasteiger partial charge in [-0.05, 0) is 84.4 Å². The minimum Gasteiger partial charge on any atom is -0.487 e. The van der Waals surface area contributed by atoms with Crippen LogP contribution in [0.15, 0.2) is 76.6 Å². The van der Waals surface area contributed by atoms with E-state index in [0.29, 0.717) is 38.7 Å². The first-order valence-electron chi connectivity index (χ1n) is 11.0. The Hall–Kier alpha value is -3.62. The Morgan fingerprint density at radius 2 is 1.83 bits per heavy atom. The molecule has 0 spiro atoms. The number of benzene rings is 3. The Labute approximate surface area is 217 Å². The molecule has 1 amide bonds. The molecule has 0 saturated carbocycles. The number of esters is 1. The number of amides is 1. The van der Waals surface area contributed by atoms with E-state index in [9.17, 15) is 14.0 Å². The van der Waals surface area contributed by atoms with Gasteiger partial charge in [0.2, 0.25) is 0 Å². The number of hydrogen-bond acceptors (Lipinski definition) is 6. The molecule has 0 aliphatic carbocycles. The molecular formula is C27H22ClFN2O4S. The van der Waals surface area contributed by atoms with E-state index in [-0.39, 0.29) is 18.3 Å². The van der Waals surface area contributed by atoms with Crippen molar-refractivity contribution >= 4 is 52.2 Å². The third-order valence-electron chi connectivity index (χ3n) is 5.17. The highest BCUT2D eigenvalue weighted by atomic mass is 35.5. The summed E-state index contributed by atoms with van der Waals surface area (Å²) in [5, 5.41) is 0.909. The van der Waals surface area contributed by atoms with Crippen molar-refractivity contribution in [3.63, 3.8) is 0 Å². The summed E-state index contributed by atoms with van der Waals surface area (Å²) in [7, 11) is 1.65. The highest BCUT2D eigenvalue weighted by molar-refractivity contribution is 8.18. The summed E-state index contributed by atoms with van der Waals surface area (Å²) in [5.74, 6) is -0.400. The van der Waals surface area contributed by atoms with E-state index < -0.39 is 5.97 Å². The van der Waals surface area contributed by atoms with Crippen LogP contribution in [-0.2, 0) is 16.1 Å². The van der Waals surface area contributed by atoms with Crippen LogP contribution in [0.3, 0.4) is 0 Å². The zero-order valence-corrected chi connectivity index (χ0v) is 21.1. The summed E-state index contributed by atoms with van der Waals surface area (Å²) < 4.78 is 23.8. The Morgan fingerprint density at radius 1 is 1.11 bits per heavy atom. The number of hydrogen-bond donors (Lipinski definition) is 0. The molecule has 1 fully saturated rings. The van der Waals surface area contributed by atoms with Crippen LogP contribution in [0.4, 0.5) is 10.1 Å². The van der Waals surface area contributed by atoms with Crippen molar-refractivity contribution in [3.8, 4) is 5.75 Å². The first kappa shape index (κ1) is 25.5. The van der Waals surface area contributed by atoms with Gasteiger partial charge in [-0.25, -0.2) is 14.2 Å². The van der Waals surface area contributed by atoms with Crippen LogP contribution < -0.4 is 4.74 Å². The standard InChI is InChI=1S/C27H22ClFN2O4S/c1-3-34-26(33)19-7-11-21(12-8-19)30-27-31(2)25(32)24(36-27)15-18-6-13-23(22(28)14-18)35-16-17-4-9-20(29)10-5-17/h4-15H,3,16H2,1-2H3. The van der Waals surface area contributed by atoms with Gasteiger partial charge in [-0.2, -0.15) is 0 Å². The van der Waals surface area contributed by atoms with Crippen molar-refractivity contribution in [2.24, 2.45) is 4.99 Å². The van der Waals surface area contributed by atoms with Gasteiger partial charge < -0.3 is 9.47 Å². The first-order valence-corrected chi connectivity index (χ1v) is 12.2. The minimum absolute atomic E-state index is 0.186. The van der Waals surface area contributed by atoms with E-state index in [2.05, 4.69) is 4.99 Å². The lowest BCUT2D eigenvalue weighted by Crippen LogP contribution is -2.23. The number of carbonyl (C=O) groups excluding carboxylic acids is 2. The molecule has 1 heterocycles. The number of rotatable bonds is 7. The molecule has 0 aromatic heterocycles. The number of aliphatic imine (C=N–C) groups is 1. The molecule has 0 bridgehead atoms. The summed E-state index contributed by atoms with van der Waals surface area (Å²) >= 11 is 7.63. The summed E-state index contributed by atoms with van der Waals surface area (Å²) in [4.78, 5) is 31.1. The van der Waals surface area contributed by atoms with Gasteiger partial charge >= 0.3 is 5.97 Å². The minimum atomic E-state index is -0.394. The number of likely N-dealkylation sites (N-methyl/N-ethyl adjacent to an activating group) is 1. The normalized spacial score (nSPS) is 15.6. The number of carbonyl (C=O) groups is 2. The molecule has 1 saturated heterocycles. The van der Waals surface area contributed by atoms with Crippen LogP contribution in [0.2, 0.25) is 5.02 Å². The number of thioether (sulfide) groups is 1. The maximum Gasteiger partial charge on any atom is 0.338 e. The molecule has 0 radical (unpaired) electrons. The number of ether oxygens (including phenoxy) is 2. The summed E-state index contributed by atoms with van der Waals surface area (Å²) in [6.45, 7) is 2.30. The fourth-order valence-electron chi connectivity index (χ4n) is 3.27. The fourth-order valence-corrected chi connectivity index (χ4v) is 4.50. The Morgan fingerprint density at radius 3 is 2.50 bits per heavy atom. The van der Waals surface area contributed by atoms with E-state index in [0.717, 1.165) is 11.1 Å². The molecule has 3 aromatic carbocycles. The maximum absolute atomic E-state index is 13.1. The van der Waals surface area contributed by atoms with Gasteiger partial charge in [0.1, 0.15) is 18.2 Å². The first-order chi connectivity index (χ1) is 17.3. The summed E-state index contributed by atoms with van der Waals surface area (Å²) in [5.41, 5.74) is 2.60. The summed E-state index contributed by atoms with van der Waals surface area (Å²) in [6, 6.07) is 18.0. The number of nitrogens with zero attached hydrogens (tertiary/aromatic N) is 2. The molecule has 36 heavy (non-hydrogen) atoms. The lowest BCUT2D eigenvalue weighted by atomic mass is 10.2. The van der Waals surface area contributed by atoms with Crippen molar-refractivity contribution in [2.75, 3.05) is 13.7 Å². The van der Waals surface area contributed by atoms with Gasteiger partial charge in [0, 0.05) is 7.05 Å². The molecule has 4 rings (SSSR count). The van der Waals surface area contributed by atoms with Crippen LogP contribution in [0.1, 0.15) is 28.4 Å². The van der Waals surface area contributed by atoms with Gasteiger partial charge in [-0.15, -0.1) is 0 Å². The third kappa shape index (κ3) is 6.13. The Balaban J connectivity index is 1.45. The fraction of sp³-hybridized carbons (Fsp3) is 0.148. The van der Waals surface area contributed by atoms with Gasteiger partial charge in [-0.3, -0.25) is 9.69 Å². The monoisotopic (exact) mass is 524 g/mol. The van der Waals surface area contributed by atoms with E-state index in [4.69, 9.17) is 21.1 Å². The topological polar surface area (TPSA) is 68.2 Å².